The Morgan fingerprint density at radius 3 is 2.22 bits per heavy atom. The number of benzene rings is 3. The molecule has 2 amide bonds. The van der Waals surface area contributed by atoms with Crippen LogP contribution >= 0.6 is 0 Å². The molecule has 0 bridgehead atoms. The van der Waals surface area contributed by atoms with E-state index in [2.05, 4.69) is 5.32 Å². The third kappa shape index (κ3) is 4.49. The molecule has 0 aromatic heterocycles. The molecule has 0 radical (unpaired) electrons. The minimum Gasteiger partial charge on any atom is -0.410 e. The fourth-order valence-electron chi connectivity index (χ4n) is 3.41. The van der Waals surface area contributed by atoms with E-state index in [0.29, 0.717) is 11.4 Å². The molecule has 1 saturated heterocycles. The average Bonchev–Trinajstić information content (AvgIpc) is 2.81. The zero-order chi connectivity index (χ0) is 22.5. The number of non-ortho nitro benzene ring substituents is 1. The van der Waals surface area contributed by atoms with Crippen molar-refractivity contribution in [3.05, 3.63) is 107 Å². The minimum absolute atomic E-state index is 0.0702. The lowest BCUT2D eigenvalue weighted by atomic mass is 9.92. The molecule has 1 fully saturated rings. The summed E-state index contributed by atoms with van der Waals surface area (Å²) in [6.07, 6.45) is 2.93. The van der Waals surface area contributed by atoms with E-state index in [1.807, 2.05) is 42.5 Å². The van der Waals surface area contributed by atoms with Crippen molar-refractivity contribution in [3.63, 3.8) is 0 Å². The molecule has 1 heterocycles. The van der Waals surface area contributed by atoms with Gasteiger partial charge >= 0.3 is 6.09 Å². The lowest BCUT2D eigenvalue weighted by Crippen LogP contribution is -2.70. The van der Waals surface area contributed by atoms with E-state index in [0.717, 1.165) is 5.56 Å². The number of β-lactam (4-membered cyclic amide) rings is 1. The van der Waals surface area contributed by atoms with E-state index < -0.39 is 23.1 Å². The highest BCUT2D eigenvalue weighted by Gasteiger charge is 2.48. The molecule has 32 heavy (non-hydrogen) atoms. The summed E-state index contributed by atoms with van der Waals surface area (Å²) in [5.74, 6) is 0.0203. The molecule has 2 unspecified atom stereocenters. The Balaban J connectivity index is 1.55. The molecule has 0 aliphatic carbocycles. The van der Waals surface area contributed by atoms with Gasteiger partial charge in [-0.25, -0.2) is 4.79 Å². The van der Waals surface area contributed by atoms with Crippen LogP contribution in [-0.4, -0.2) is 29.0 Å². The predicted octanol–water partition coefficient (Wildman–Crippen LogP) is 4.18. The number of ether oxygens (including phenoxy) is 1. The van der Waals surface area contributed by atoms with Gasteiger partial charge in [0.2, 0.25) is 0 Å². The Labute approximate surface area is 183 Å². The Kier molecular flexibility index (Phi) is 5.94. The third-order valence-corrected chi connectivity index (χ3v) is 4.99. The fourth-order valence-corrected chi connectivity index (χ4v) is 3.41. The SMILES string of the molecule is O=C(NC1C(=O)N(c2ccc([N+](=O)[O-])cc2)C1/C=C/c1ccccc1)Oc1ccccc1. The van der Waals surface area contributed by atoms with Crippen LogP contribution in [0.2, 0.25) is 0 Å². The minimum atomic E-state index is -0.832. The molecule has 2 atom stereocenters. The smallest absolute Gasteiger partial charge is 0.410 e. The molecule has 0 spiro atoms. The maximum absolute atomic E-state index is 12.9. The van der Waals surface area contributed by atoms with Gasteiger partial charge in [-0.1, -0.05) is 60.7 Å². The number of carbonyl (C=O) groups is 2. The van der Waals surface area contributed by atoms with Crippen molar-refractivity contribution >= 4 is 29.5 Å². The number of nitrogens with one attached hydrogen (secondary N) is 1. The lowest BCUT2D eigenvalue weighted by molar-refractivity contribution is -0.384. The van der Waals surface area contributed by atoms with Crippen molar-refractivity contribution in [1.29, 1.82) is 0 Å². The van der Waals surface area contributed by atoms with Gasteiger partial charge in [0.15, 0.2) is 0 Å². The second-order valence-electron chi connectivity index (χ2n) is 7.07. The molecular formula is C24H19N3O5. The number of hydrogen-bond acceptors (Lipinski definition) is 5. The Morgan fingerprint density at radius 1 is 0.969 bits per heavy atom. The second kappa shape index (κ2) is 9.13. The third-order valence-electron chi connectivity index (χ3n) is 4.99. The summed E-state index contributed by atoms with van der Waals surface area (Å²) in [5.41, 5.74) is 1.36. The Hall–Kier alpha value is -4.46. The van der Waals surface area contributed by atoms with Gasteiger partial charge in [0.25, 0.3) is 11.6 Å². The summed E-state index contributed by atoms with van der Waals surface area (Å²) < 4.78 is 5.24. The number of carbonyl (C=O) groups excluding carboxylic acids is 2. The highest BCUT2D eigenvalue weighted by atomic mass is 16.6. The van der Waals surface area contributed by atoms with Crippen LogP contribution in [0.3, 0.4) is 0 Å². The first-order valence-electron chi connectivity index (χ1n) is 9.87. The standard InChI is InChI=1S/C24H19N3O5/c28-23-22(25-24(29)32-20-9-5-2-6-10-20)21(16-11-17-7-3-1-4-8-17)26(23)18-12-14-19(15-13-18)27(30)31/h1-16,21-22H,(H,25,29)/b16-11+. The molecule has 1 N–H and O–H groups in total. The number of para-hydroxylation sites is 1. The Bertz CT molecular complexity index is 1150. The Morgan fingerprint density at radius 2 is 1.59 bits per heavy atom. The maximum atomic E-state index is 12.9. The van der Waals surface area contributed by atoms with E-state index in [1.165, 1.54) is 29.2 Å². The summed E-state index contributed by atoms with van der Waals surface area (Å²) in [4.78, 5) is 37.1. The van der Waals surface area contributed by atoms with Gasteiger partial charge in [0.05, 0.1) is 11.0 Å². The number of hydrogen-bond donors (Lipinski definition) is 1. The van der Waals surface area contributed by atoms with Crippen LogP contribution in [-0.2, 0) is 4.79 Å². The van der Waals surface area contributed by atoms with Crippen molar-refractivity contribution in [1.82, 2.24) is 5.32 Å². The maximum Gasteiger partial charge on any atom is 0.413 e. The highest BCUT2D eigenvalue weighted by Crippen LogP contribution is 2.31. The zero-order valence-corrected chi connectivity index (χ0v) is 16.8. The molecule has 4 rings (SSSR count). The van der Waals surface area contributed by atoms with Crippen molar-refractivity contribution < 1.29 is 19.2 Å². The van der Waals surface area contributed by atoms with Crippen LogP contribution in [0, 0.1) is 10.1 Å². The van der Waals surface area contributed by atoms with Crippen LogP contribution in [0.25, 0.3) is 6.08 Å². The fraction of sp³-hybridized carbons (Fsp3) is 0.0833. The van der Waals surface area contributed by atoms with Crippen LogP contribution < -0.4 is 15.0 Å². The molecule has 0 saturated carbocycles. The lowest BCUT2D eigenvalue weighted by Gasteiger charge is -2.45. The van der Waals surface area contributed by atoms with Gasteiger partial charge in [-0.2, -0.15) is 0 Å². The van der Waals surface area contributed by atoms with Gasteiger partial charge in [-0.05, 0) is 29.8 Å². The number of anilines is 1. The van der Waals surface area contributed by atoms with Gasteiger partial charge < -0.3 is 15.0 Å². The second-order valence-corrected chi connectivity index (χ2v) is 7.07. The molecule has 3 aromatic rings. The first-order chi connectivity index (χ1) is 15.5. The zero-order valence-electron chi connectivity index (χ0n) is 16.8. The van der Waals surface area contributed by atoms with E-state index in [9.17, 15) is 19.7 Å². The van der Waals surface area contributed by atoms with E-state index in [-0.39, 0.29) is 11.6 Å². The van der Waals surface area contributed by atoms with Gasteiger partial charge in [0.1, 0.15) is 11.8 Å². The highest BCUT2D eigenvalue weighted by molar-refractivity contribution is 6.08. The van der Waals surface area contributed by atoms with Crippen LogP contribution in [0.1, 0.15) is 5.56 Å². The van der Waals surface area contributed by atoms with Crippen molar-refractivity contribution in [2.45, 2.75) is 12.1 Å². The van der Waals surface area contributed by atoms with Crippen molar-refractivity contribution in [3.8, 4) is 5.75 Å². The summed E-state index contributed by atoms with van der Waals surface area (Å²) >= 11 is 0. The molecule has 8 heteroatoms. The van der Waals surface area contributed by atoms with E-state index in [1.54, 1.807) is 30.3 Å². The number of nitro benzene ring substituents is 1. The van der Waals surface area contributed by atoms with Gasteiger partial charge in [-0.15, -0.1) is 0 Å². The molecule has 1 aliphatic heterocycles. The molecular weight excluding hydrogens is 410 g/mol. The van der Waals surface area contributed by atoms with Crippen molar-refractivity contribution in [2.24, 2.45) is 0 Å². The summed E-state index contributed by atoms with van der Waals surface area (Å²) in [6.45, 7) is 0. The van der Waals surface area contributed by atoms with E-state index in [4.69, 9.17) is 4.74 Å². The number of nitro groups is 1. The molecule has 8 nitrogen and oxygen atoms in total. The first kappa shape index (κ1) is 20.8. The topological polar surface area (TPSA) is 102 Å². The molecule has 1 aliphatic rings. The van der Waals surface area contributed by atoms with Gasteiger partial charge in [-0.3, -0.25) is 14.9 Å². The first-order valence-corrected chi connectivity index (χ1v) is 9.87. The largest absolute Gasteiger partial charge is 0.413 e. The predicted molar refractivity (Wildman–Crippen MR) is 119 cm³/mol. The number of rotatable bonds is 6. The summed E-state index contributed by atoms with van der Waals surface area (Å²) in [7, 11) is 0. The van der Waals surface area contributed by atoms with Crippen LogP contribution in [0.5, 0.6) is 5.75 Å². The van der Waals surface area contributed by atoms with Crippen LogP contribution in [0.15, 0.2) is 91.0 Å². The molecule has 160 valence electrons. The summed E-state index contributed by atoms with van der Waals surface area (Å²) in [6, 6.07) is 22.4. The average molecular weight is 429 g/mol. The quantitative estimate of drug-likeness (QED) is 0.360. The van der Waals surface area contributed by atoms with Gasteiger partial charge in [0, 0.05) is 17.8 Å². The summed E-state index contributed by atoms with van der Waals surface area (Å²) in [5, 5.41) is 13.5. The van der Waals surface area contributed by atoms with Crippen molar-refractivity contribution in [2.75, 3.05) is 4.90 Å². The van der Waals surface area contributed by atoms with E-state index >= 15 is 0 Å². The molecule has 3 aromatic carbocycles. The number of amides is 2. The normalized spacial score (nSPS) is 17.6. The number of nitrogens with zero attached hydrogens (tertiary/aromatic N) is 2. The monoisotopic (exact) mass is 429 g/mol. The van der Waals surface area contributed by atoms with Crippen LogP contribution in [0.4, 0.5) is 16.2 Å².